The molecular weight excluding hydrogens is 232 g/mol. The Kier molecular flexibility index (Phi) is 3.93. The summed E-state index contributed by atoms with van der Waals surface area (Å²) in [7, 11) is 1.37. The first-order valence-corrected chi connectivity index (χ1v) is 5.24. The van der Waals surface area contributed by atoms with Crippen molar-refractivity contribution < 1.29 is 9.84 Å². The topological polar surface area (TPSA) is 64.3 Å². The molecule has 0 amide bonds. The Hall–Kier alpha value is -1.07. The number of rotatable bonds is 4. The van der Waals surface area contributed by atoms with E-state index >= 15 is 0 Å². The summed E-state index contributed by atoms with van der Waals surface area (Å²) in [5.41, 5.74) is -1.17. The van der Waals surface area contributed by atoms with Crippen molar-refractivity contribution >= 4 is 11.6 Å². The molecule has 1 N–H and O–H groups in total. The number of ether oxygens (including phenoxy) is 1. The number of methoxy groups -OCH3 is 1. The predicted octanol–water partition coefficient (Wildman–Crippen LogP) is 1.07. The van der Waals surface area contributed by atoms with Crippen LogP contribution >= 0.6 is 11.6 Å². The van der Waals surface area contributed by atoms with Crippen LogP contribution in [-0.4, -0.2) is 27.4 Å². The Morgan fingerprint density at radius 3 is 2.75 bits per heavy atom. The van der Waals surface area contributed by atoms with Crippen LogP contribution in [0.25, 0.3) is 0 Å². The smallest absolute Gasteiger partial charge is 0.297 e. The van der Waals surface area contributed by atoms with Crippen molar-refractivity contribution in [3.8, 4) is 5.75 Å². The lowest BCUT2D eigenvalue weighted by molar-refractivity contribution is 0.0657. The van der Waals surface area contributed by atoms with E-state index < -0.39 is 5.60 Å². The standard InChI is InChI=1S/C10H15ClN2O3/c1-10(2,15)4-5-13-6-12-8(11)7(16-3)9(13)14/h6,15H,4-5H2,1-3H3. The molecule has 0 spiro atoms. The van der Waals surface area contributed by atoms with Gasteiger partial charge in [-0.3, -0.25) is 9.36 Å². The predicted molar refractivity (Wildman–Crippen MR) is 61.0 cm³/mol. The molecule has 5 nitrogen and oxygen atoms in total. The summed E-state index contributed by atoms with van der Waals surface area (Å²) in [6, 6.07) is 0. The summed E-state index contributed by atoms with van der Waals surface area (Å²) >= 11 is 5.69. The lowest BCUT2D eigenvalue weighted by Crippen LogP contribution is -2.27. The molecule has 0 radical (unpaired) electrons. The SMILES string of the molecule is COc1c(Cl)ncn(CCC(C)(C)O)c1=O. The highest BCUT2D eigenvalue weighted by molar-refractivity contribution is 6.30. The van der Waals surface area contributed by atoms with Gasteiger partial charge in [0.1, 0.15) is 0 Å². The molecule has 0 atom stereocenters. The van der Waals surface area contributed by atoms with Crippen molar-refractivity contribution in [2.24, 2.45) is 0 Å². The number of aliphatic hydroxyl groups is 1. The number of halogens is 1. The first-order valence-electron chi connectivity index (χ1n) is 4.86. The average molecular weight is 247 g/mol. The number of hydrogen-bond donors (Lipinski definition) is 1. The number of aryl methyl sites for hydroxylation is 1. The van der Waals surface area contributed by atoms with E-state index in [4.69, 9.17) is 16.3 Å². The highest BCUT2D eigenvalue weighted by atomic mass is 35.5. The third-order valence-corrected chi connectivity index (χ3v) is 2.39. The fraction of sp³-hybridized carbons (Fsp3) is 0.600. The van der Waals surface area contributed by atoms with Crippen molar-refractivity contribution in [3.63, 3.8) is 0 Å². The molecule has 1 aromatic heterocycles. The molecule has 0 saturated heterocycles. The summed E-state index contributed by atoms with van der Waals surface area (Å²) < 4.78 is 6.22. The molecule has 0 fully saturated rings. The van der Waals surface area contributed by atoms with E-state index in [0.29, 0.717) is 13.0 Å². The molecule has 1 aromatic rings. The molecule has 0 aliphatic heterocycles. The first-order chi connectivity index (χ1) is 7.35. The zero-order valence-electron chi connectivity index (χ0n) is 9.53. The van der Waals surface area contributed by atoms with E-state index in [2.05, 4.69) is 4.98 Å². The Labute approximate surface area is 98.6 Å². The normalized spacial score (nSPS) is 11.6. The molecule has 6 heteroatoms. The second-order valence-corrected chi connectivity index (χ2v) is 4.49. The number of hydrogen-bond acceptors (Lipinski definition) is 4. The molecular formula is C10H15ClN2O3. The van der Waals surface area contributed by atoms with Crippen LogP contribution in [0.4, 0.5) is 0 Å². The Morgan fingerprint density at radius 2 is 2.25 bits per heavy atom. The van der Waals surface area contributed by atoms with Crippen LogP contribution in [0.1, 0.15) is 20.3 Å². The van der Waals surface area contributed by atoms with Gasteiger partial charge >= 0.3 is 0 Å². The maximum Gasteiger partial charge on any atom is 0.297 e. The van der Waals surface area contributed by atoms with Crippen LogP contribution in [0.5, 0.6) is 5.75 Å². The Bertz CT molecular complexity index is 423. The lowest BCUT2D eigenvalue weighted by Gasteiger charge is -2.17. The zero-order chi connectivity index (χ0) is 12.3. The first kappa shape index (κ1) is 13.0. The van der Waals surface area contributed by atoms with Gasteiger partial charge in [0.15, 0.2) is 5.15 Å². The summed E-state index contributed by atoms with van der Waals surface area (Å²) in [6.45, 7) is 3.72. The second-order valence-electron chi connectivity index (χ2n) is 4.13. The van der Waals surface area contributed by atoms with Crippen molar-refractivity contribution in [1.82, 2.24) is 9.55 Å². The summed E-state index contributed by atoms with van der Waals surface area (Å²) in [4.78, 5) is 15.6. The van der Waals surface area contributed by atoms with Gasteiger partial charge in [-0.25, -0.2) is 4.98 Å². The maximum absolute atomic E-state index is 11.8. The highest BCUT2D eigenvalue weighted by Gasteiger charge is 2.15. The molecule has 16 heavy (non-hydrogen) atoms. The third-order valence-electron chi connectivity index (χ3n) is 2.12. The molecule has 1 heterocycles. The number of aromatic nitrogens is 2. The van der Waals surface area contributed by atoms with Gasteiger partial charge in [-0.2, -0.15) is 0 Å². The molecule has 0 bridgehead atoms. The molecule has 1 rings (SSSR count). The average Bonchev–Trinajstić information content (AvgIpc) is 2.16. The van der Waals surface area contributed by atoms with Crippen LogP contribution in [0.2, 0.25) is 5.15 Å². The summed E-state index contributed by atoms with van der Waals surface area (Å²) in [5, 5.41) is 9.61. The zero-order valence-corrected chi connectivity index (χ0v) is 10.3. The molecule has 0 saturated carbocycles. The maximum atomic E-state index is 11.8. The van der Waals surface area contributed by atoms with Crippen molar-refractivity contribution in [3.05, 3.63) is 21.8 Å². The van der Waals surface area contributed by atoms with Gasteiger partial charge in [-0.05, 0) is 20.3 Å². The van der Waals surface area contributed by atoms with E-state index in [0.717, 1.165) is 0 Å². The van der Waals surface area contributed by atoms with Crippen molar-refractivity contribution in [2.75, 3.05) is 7.11 Å². The molecule has 0 aromatic carbocycles. The van der Waals surface area contributed by atoms with E-state index in [1.165, 1.54) is 18.0 Å². The fourth-order valence-corrected chi connectivity index (χ4v) is 1.38. The van der Waals surface area contributed by atoms with Gasteiger partial charge in [0.25, 0.3) is 5.56 Å². The molecule has 90 valence electrons. The van der Waals surface area contributed by atoms with E-state index in [1.54, 1.807) is 13.8 Å². The van der Waals surface area contributed by atoms with Crippen LogP contribution in [-0.2, 0) is 6.54 Å². The monoisotopic (exact) mass is 246 g/mol. The van der Waals surface area contributed by atoms with Gasteiger partial charge in [0.05, 0.1) is 19.0 Å². The Morgan fingerprint density at radius 1 is 1.62 bits per heavy atom. The molecule has 0 unspecified atom stereocenters. The largest absolute Gasteiger partial charge is 0.489 e. The van der Waals surface area contributed by atoms with Gasteiger partial charge in [-0.1, -0.05) is 11.6 Å². The van der Waals surface area contributed by atoms with Gasteiger partial charge in [-0.15, -0.1) is 0 Å². The minimum atomic E-state index is -0.827. The second kappa shape index (κ2) is 4.84. The van der Waals surface area contributed by atoms with Gasteiger partial charge < -0.3 is 9.84 Å². The van der Waals surface area contributed by atoms with Crippen molar-refractivity contribution in [2.45, 2.75) is 32.4 Å². The lowest BCUT2D eigenvalue weighted by atomic mass is 10.1. The number of nitrogens with zero attached hydrogens (tertiary/aromatic N) is 2. The highest BCUT2D eigenvalue weighted by Crippen LogP contribution is 2.15. The van der Waals surface area contributed by atoms with Gasteiger partial charge in [0, 0.05) is 6.54 Å². The van der Waals surface area contributed by atoms with E-state index in [1.807, 2.05) is 0 Å². The van der Waals surface area contributed by atoms with Gasteiger partial charge in [0.2, 0.25) is 5.75 Å². The van der Waals surface area contributed by atoms with Crippen LogP contribution in [0.3, 0.4) is 0 Å². The van der Waals surface area contributed by atoms with Crippen molar-refractivity contribution in [1.29, 1.82) is 0 Å². The summed E-state index contributed by atoms with van der Waals surface area (Å²) in [6.07, 6.45) is 1.79. The minimum absolute atomic E-state index is 0.0277. The van der Waals surface area contributed by atoms with E-state index in [9.17, 15) is 9.90 Å². The Balaban J connectivity index is 2.95. The molecule has 0 aliphatic rings. The minimum Gasteiger partial charge on any atom is -0.489 e. The fourth-order valence-electron chi connectivity index (χ4n) is 1.17. The summed E-state index contributed by atoms with van der Waals surface area (Å²) in [5.74, 6) is 0.0277. The quantitative estimate of drug-likeness (QED) is 0.807. The third kappa shape index (κ3) is 3.21. The van der Waals surface area contributed by atoms with Crippen LogP contribution in [0, 0.1) is 0 Å². The van der Waals surface area contributed by atoms with Crippen LogP contribution < -0.4 is 10.3 Å². The van der Waals surface area contributed by atoms with E-state index in [-0.39, 0.29) is 16.5 Å². The van der Waals surface area contributed by atoms with Crippen LogP contribution in [0.15, 0.2) is 11.1 Å². The molecule has 0 aliphatic carbocycles.